The quantitative estimate of drug-likeness (QED) is 0.232. The van der Waals surface area contributed by atoms with Crippen LogP contribution in [0.25, 0.3) is 74.0 Å². The van der Waals surface area contributed by atoms with Gasteiger partial charge in [-0.05, 0) is 64.7 Å². The topological polar surface area (TPSA) is 38.7 Å². The van der Waals surface area contributed by atoms with Gasteiger partial charge in [0.15, 0.2) is 0 Å². The van der Waals surface area contributed by atoms with E-state index in [1.165, 1.54) is 57.4 Å². The molecule has 0 spiro atoms. The van der Waals surface area contributed by atoms with Crippen molar-refractivity contribution in [2.24, 2.45) is 0 Å². The number of hydrogen-bond acceptors (Lipinski definition) is 5. The number of pyridine rings is 3. The van der Waals surface area contributed by atoms with Gasteiger partial charge in [-0.25, -0.2) is 0 Å². The maximum Gasteiger partial charge on any atom is 0.0894 e. The van der Waals surface area contributed by atoms with Gasteiger partial charge in [-0.3, -0.25) is 15.0 Å². The molecular formula is C33H19N3S2. The van der Waals surface area contributed by atoms with E-state index in [2.05, 4.69) is 96.0 Å². The number of benzene rings is 3. The standard InChI is InChI=1S/C33H19N3S2/c1-3-7-28-25(5-1)30-32(37-28)22(13-17-35-30)21-9-10-23(27(19-21)20-11-15-34-16-12-20)24-14-18-36-31-26-6-2-4-8-29(26)38-33(24)31/h1-19H. The largest absolute Gasteiger partial charge is 0.265 e. The first-order chi connectivity index (χ1) is 18.8. The molecule has 3 aromatic carbocycles. The summed E-state index contributed by atoms with van der Waals surface area (Å²) in [4.78, 5) is 13.8. The molecule has 5 aromatic heterocycles. The average molecular weight is 522 g/mol. The van der Waals surface area contributed by atoms with Crippen LogP contribution in [0.15, 0.2) is 116 Å². The number of thiophene rings is 2. The zero-order valence-electron chi connectivity index (χ0n) is 20.1. The van der Waals surface area contributed by atoms with Crippen molar-refractivity contribution < 1.29 is 0 Å². The van der Waals surface area contributed by atoms with Gasteiger partial charge in [0.25, 0.3) is 0 Å². The molecule has 0 saturated heterocycles. The van der Waals surface area contributed by atoms with Crippen molar-refractivity contribution in [3.8, 4) is 33.4 Å². The highest BCUT2D eigenvalue weighted by Crippen LogP contribution is 2.44. The molecule has 0 amide bonds. The van der Waals surface area contributed by atoms with Crippen molar-refractivity contribution in [2.75, 3.05) is 0 Å². The summed E-state index contributed by atoms with van der Waals surface area (Å²) in [7, 11) is 0. The van der Waals surface area contributed by atoms with Crippen LogP contribution in [0.1, 0.15) is 0 Å². The van der Waals surface area contributed by atoms with Crippen LogP contribution in [-0.4, -0.2) is 15.0 Å². The van der Waals surface area contributed by atoms with Crippen LogP contribution in [0.3, 0.4) is 0 Å². The zero-order valence-corrected chi connectivity index (χ0v) is 21.8. The van der Waals surface area contributed by atoms with Crippen molar-refractivity contribution in [2.45, 2.75) is 0 Å². The summed E-state index contributed by atoms with van der Waals surface area (Å²) in [5.41, 5.74) is 9.25. The van der Waals surface area contributed by atoms with Crippen molar-refractivity contribution in [1.82, 2.24) is 15.0 Å². The summed E-state index contributed by atoms with van der Waals surface area (Å²) in [6.45, 7) is 0. The van der Waals surface area contributed by atoms with E-state index in [1.807, 2.05) is 47.5 Å². The van der Waals surface area contributed by atoms with E-state index in [0.717, 1.165) is 16.6 Å². The normalized spacial score (nSPS) is 11.7. The molecule has 5 heterocycles. The Morgan fingerprint density at radius 1 is 0.447 bits per heavy atom. The third-order valence-corrected chi connectivity index (χ3v) is 9.52. The van der Waals surface area contributed by atoms with Crippen LogP contribution >= 0.6 is 22.7 Å². The van der Waals surface area contributed by atoms with Crippen molar-refractivity contribution in [3.63, 3.8) is 0 Å². The Morgan fingerprint density at radius 2 is 1.05 bits per heavy atom. The maximum atomic E-state index is 4.77. The predicted octanol–water partition coefficient (Wildman–Crippen LogP) is 9.61. The van der Waals surface area contributed by atoms with Crippen molar-refractivity contribution >= 4 is 63.3 Å². The van der Waals surface area contributed by atoms with Crippen LogP contribution < -0.4 is 0 Å². The lowest BCUT2D eigenvalue weighted by Gasteiger charge is -2.14. The summed E-state index contributed by atoms with van der Waals surface area (Å²) in [5.74, 6) is 0. The fourth-order valence-corrected chi connectivity index (χ4v) is 7.75. The van der Waals surface area contributed by atoms with Gasteiger partial charge in [0.2, 0.25) is 0 Å². The minimum Gasteiger partial charge on any atom is -0.265 e. The van der Waals surface area contributed by atoms with E-state index in [9.17, 15) is 0 Å². The molecule has 0 aliphatic rings. The molecule has 8 rings (SSSR count). The second-order valence-corrected chi connectivity index (χ2v) is 11.4. The first-order valence-corrected chi connectivity index (χ1v) is 14.1. The Bertz CT molecular complexity index is 2140. The van der Waals surface area contributed by atoms with Crippen LogP contribution in [0, 0.1) is 0 Å². The molecule has 5 heteroatoms. The minimum atomic E-state index is 1.06. The van der Waals surface area contributed by atoms with Gasteiger partial charge in [0, 0.05) is 56.1 Å². The Balaban J connectivity index is 1.40. The molecule has 0 aliphatic heterocycles. The summed E-state index contributed by atoms with van der Waals surface area (Å²) in [6.07, 6.45) is 7.60. The maximum absolute atomic E-state index is 4.77. The third-order valence-electron chi connectivity index (χ3n) is 7.13. The molecule has 38 heavy (non-hydrogen) atoms. The van der Waals surface area contributed by atoms with E-state index in [4.69, 9.17) is 9.97 Å². The third kappa shape index (κ3) is 3.29. The number of aromatic nitrogens is 3. The molecule has 0 unspecified atom stereocenters. The van der Waals surface area contributed by atoms with E-state index in [-0.39, 0.29) is 0 Å². The van der Waals surface area contributed by atoms with Gasteiger partial charge in [0.1, 0.15) is 0 Å². The molecule has 0 bridgehead atoms. The molecule has 178 valence electrons. The smallest absolute Gasteiger partial charge is 0.0894 e. The molecule has 3 nitrogen and oxygen atoms in total. The van der Waals surface area contributed by atoms with Gasteiger partial charge in [-0.1, -0.05) is 48.5 Å². The second kappa shape index (κ2) is 8.55. The fraction of sp³-hybridized carbons (Fsp3) is 0. The molecule has 0 aliphatic carbocycles. The Hall–Kier alpha value is -4.45. The van der Waals surface area contributed by atoms with Gasteiger partial charge < -0.3 is 0 Å². The Labute approximate surface area is 226 Å². The van der Waals surface area contributed by atoms with Crippen molar-refractivity contribution in [1.29, 1.82) is 0 Å². The van der Waals surface area contributed by atoms with E-state index < -0.39 is 0 Å². The monoisotopic (exact) mass is 521 g/mol. The van der Waals surface area contributed by atoms with Crippen LogP contribution in [0.2, 0.25) is 0 Å². The van der Waals surface area contributed by atoms with Crippen LogP contribution in [-0.2, 0) is 0 Å². The predicted molar refractivity (Wildman–Crippen MR) is 162 cm³/mol. The van der Waals surface area contributed by atoms with Crippen LogP contribution in [0.4, 0.5) is 0 Å². The molecule has 0 N–H and O–H groups in total. The highest BCUT2D eigenvalue weighted by Gasteiger charge is 2.17. The summed E-state index contributed by atoms with van der Waals surface area (Å²) in [6, 6.07) is 32.4. The molecule has 0 fully saturated rings. The van der Waals surface area contributed by atoms with Gasteiger partial charge in [-0.15, -0.1) is 22.7 Å². The first kappa shape index (κ1) is 21.6. The Morgan fingerprint density at radius 3 is 1.74 bits per heavy atom. The summed E-state index contributed by atoms with van der Waals surface area (Å²) < 4.78 is 4.95. The number of nitrogens with zero attached hydrogens (tertiary/aromatic N) is 3. The SMILES string of the molecule is c1ccc2c(c1)sc1c(-c3ccc(-c4ccnc5c4sc4ccccc45)c(-c4ccncc4)c3)ccnc12. The molecular weight excluding hydrogens is 503 g/mol. The lowest BCUT2D eigenvalue weighted by atomic mass is 9.91. The van der Waals surface area contributed by atoms with Crippen molar-refractivity contribution in [3.05, 3.63) is 116 Å². The highest BCUT2D eigenvalue weighted by atomic mass is 32.1. The summed E-state index contributed by atoms with van der Waals surface area (Å²) in [5, 5.41) is 2.42. The van der Waals surface area contributed by atoms with Gasteiger partial charge in [-0.2, -0.15) is 0 Å². The Kier molecular flexibility index (Phi) is 4.87. The van der Waals surface area contributed by atoms with E-state index in [1.54, 1.807) is 0 Å². The van der Waals surface area contributed by atoms with Crippen LogP contribution in [0.5, 0.6) is 0 Å². The lowest BCUT2D eigenvalue weighted by Crippen LogP contribution is -1.89. The molecule has 0 saturated carbocycles. The number of hydrogen-bond donors (Lipinski definition) is 0. The zero-order chi connectivity index (χ0) is 25.1. The van der Waals surface area contributed by atoms with E-state index in [0.29, 0.717) is 0 Å². The highest BCUT2D eigenvalue weighted by molar-refractivity contribution is 7.26. The number of fused-ring (bicyclic) bond motifs is 6. The van der Waals surface area contributed by atoms with Gasteiger partial charge in [0.05, 0.1) is 20.4 Å². The molecule has 8 aromatic rings. The fourth-order valence-electron chi connectivity index (χ4n) is 5.37. The van der Waals surface area contributed by atoms with E-state index >= 15 is 0 Å². The number of rotatable bonds is 3. The second-order valence-electron chi connectivity index (χ2n) is 9.27. The minimum absolute atomic E-state index is 1.06. The summed E-state index contributed by atoms with van der Waals surface area (Å²) >= 11 is 3.62. The lowest BCUT2D eigenvalue weighted by molar-refractivity contribution is 1.33. The van der Waals surface area contributed by atoms with Gasteiger partial charge >= 0.3 is 0 Å². The first-order valence-electron chi connectivity index (χ1n) is 12.4. The average Bonchev–Trinajstić information content (AvgIpc) is 3.56. The molecule has 0 atom stereocenters. The molecule has 0 radical (unpaired) electrons.